The molecule has 1 aliphatic heterocycles. The number of hydrogen-bond acceptors (Lipinski definition) is 3. The van der Waals surface area contributed by atoms with Gasteiger partial charge in [-0.1, -0.05) is 6.07 Å². The average Bonchev–Trinajstić information content (AvgIpc) is 2.92. The first kappa shape index (κ1) is 15.3. The summed E-state index contributed by atoms with van der Waals surface area (Å²) in [7, 11) is -3.67. The number of aromatic nitrogens is 2. The Kier molecular flexibility index (Phi) is 3.43. The first-order chi connectivity index (χ1) is 11.5. The van der Waals surface area contributed by atoms with E-state index in [2.05, 4.69) is 4.98 Å². The Morgan fingerprint density at radius 2 is 2.04 bits per heavy atom. The van der Waals surface area contributed by atoms with Gasteiger partial charge in [-0.3, -0.25) is 0 Å². The number of sulfonamides is 1. The molecule has 0 saturated heterocycles. The van der Waals surface area contributed by atoms with Gasteiger partial charge in [0.15, 0.2) is 0 Å². The van der Waals surface area contributed by atoms with Gasteiger partial charge in [0.1, 0.15) is 11.5 Å². The Hall–Kier alpha value is -2.25. The molecule has 0 bridgehead atoms. The van der Waals surface area contributed by atoms with Crippen molar-refractivity contribution in [1.29, 1.82) is 0 Å². The lowest BCUT2D eigenvalue weighted by Gasteiger charge is -2.26. The summed E-state index contributed by atoms with van der Waals surface area (Å²) in [6.07, 6.45) is 2.46. The van der Waals surface area contributed by atoms with E-state index < -0.39 is 15.8 Å². The van der Waals surface area contributed by atoms with E-state index in [1.54, 1.807) is 6.92 Å². The van der Waals surface area contributed by atoms with Crippen molar-refractivity contribution in [3.05, 3.63) is 65.4 Å². The maximum Gasteiger partial charge on any atom is 0.243 e. The van der Waals surface area contributed by atoms with Gasteiger partial charge in [-0.05, 0) is 42.8 Å². The number of hydrogen-bond donors (Lipinski definition) is 0. The smallest absolute Gasteiger partial charge is 0.243 e. The quantitative estimate of drug-likeness (QED) is 0.717. The van der Waals surface area contributed by atoms with Gasteiger partial charge in [-0.15, -0.1) is 0 Å². The highest BCUT2D eigenvalue weighted by atomic mass is 32.2. The third kappa shape index (κ3) is 2.32. The van der Waals surface area contributed by atoms with Crippen LogP contribution in [0.5, 0.6) is 0 Å². The van der Waals surface area contributed by atoms with Crippen LogP contribution in [-0.4, -0.2) is 28.7 Å². The summed E-state index contributed by atoms with van der Waals surface area (Å²) in [6, 6.07) is 9.47. The molecule has 2 aromatic heterocycles. The summed E-state index contributed by atoms with van der Waals surface area (Å²) in [6.45, 7) is 2.25. The fourth-order valence-corrected chi connectivity index (χ4v) is 4.79. The Bertz CT molecular complexity index is 1040. The molecule has 1 aromatic carbocycles. The van der Waals surface area contributed by atoms with Crippen LogP contribution in [0.1, 0.15) is 17.0 Å². The lowest BCUT2D eigenvalue weighted by atomic mass is 10.2. The van der Waals surface area contributed by atoms with E-state index in [1.165, 1.54) is 22.5 Å². The lowest BCUT2D eigenvalue weighted by molar-refractivity contribution is 0.383. The molecular weight excluding hydrogens is 329 g/mol. The first-order valence-corrected chi connectivity index (χ1v) is 9.12. The van der Waals surface area contributed by atoms with Gasteiger partial charge < -0.3 is 4.40 Å². The van der Waals surface area contributed by atoms with Crippen LogP contribution in [0.3, 0.4) is 0 Å². The van der Waals surface area contributed by atoms with E-state index in [9.17, 15) is 12.8 Å². The predicted molar refractivity (Wildman–Crippen MR) is 87.6 cm³/mol. The molecule has 0 aliphatic carbocycles. The monoisotopic (exact) mass is 345 g/mol. The van der Waals surface area contributed by atoms with Crippen LogP contribution >= 0.6 is 0 Å². The molecule has 4 rings (SSSR count). The molecular formula is C17H16FN3O2S. The first-order valence-electron chi connectivity index (χ1n) is 7.68. The van der Waals surface area contributed by atoms with Gasteiger partial charge in [-0.2, -0.15) is 4.31 Å². The molecule has 0 unspecified atom stereocenters. The summed E-state index contributed by atoms with van der Waals surface area (Å²) >= 11 is 0. The zero-order valence-electron chi connectivity index (χ0n) is 13.1. The molecule has 3 aromatic rings. The van der Waals surface area contributed by atoms with Gasteiger partial charge in [0.2, 0.25) is 10.0 Å². The molecule has 0 spiro atoms. The van der Waals surface area contributed by atoms with Crippen molar-refractivity contribution < 1.29 is 12.8 Å². The van der Waals surface area contributed by atoms with Crippen LogP contribution in [0, 0.1) is 12.7 Å². The second-order valence-electron chi connectivity index (χ2n) is 5.93. The summed E-state index contributed by atoms with van der Waals surface area (Å²) in [5.74, 6) is -0.436. The number of nitrogens with zero attached hydrogens (tertiary/aromatic N) is 3. The molecule has 0 fully saturated rings. The fraction of sp³-hybridized carbons (Fsp3) is 0.235. The van der Waals surface area contributed by atoms with Crippen molar-refractivity contribution in [3.63, 3.8) is 0 Å². The highest BCUT2D eigenvalue weighted by molar-refractivity contribution is 7.89. The zero-order valence-corrected chi connectivity index (χ0v) is 13.9. The minimum absolute atomic E-state index is 0.154. The number of aryl methyl sites for hydroxylation is 1. The van der Waals surface area contributed by atoms with Crippen LogP contribution in [0.25, 0.3) is 5.65 Å². The maximum atomic E-state index is 13.3. The highest BCUT2D eigenvalue weighted by Gasteiger charge is 2.31. The van der Waals surface area contributed by atoms with Gasteiger partial charge in [0.05, 0.1) is 22.8 Å². The number of halogens is 1. The average molecular weight is 345 g/mol. The van der Waals surface area contributed by atoms with Gasteiger partial charge in [-0.25, -0.2) is 17.8 Å². The summed E-state index contributed by atoms with van der Waals surface area (Å²) in [5.41, 5.74) is 3.06. The topological polar surface area (TPSA) is 54.7 Å². The van der Waals surface area contributed by atoms with E-state index in [4.69, 9.17) is 0 Å². The number of benzene rings is 1. The van der Waals surface area contributed by atoms with E-state index in [0.717, 1.165) is 17.0 Å². The number of imidazole rings is 1. The lowest BCUT2D eigenvalue weighted by Crippen LogP contribution is -2.36. The van der Waals surface area contributed by atoms with Crippen molar-refractivity contribution >= 4 is 15.7 Å². The molecule has 5 nitrogen and oxygen atoms in total. The summed E-state index contributed by atoms with van der Waals surface area (Å²) in [5, 5.41) is 0. The standard InChI is InChI=1S/C17H16FN3O2S/c1-12-10-13(18)5-6-16(12)24(22,23)20-9-7-14-15(11-20)21-8-3-2-4-17(21)19-14/h2-6,8,10H,7,9,11H2,1H3. The molecule has 0 amide bonds. The van der Waals surface area contributed by atoms with Crippen molar-refractivity contribution in [2.24, 2.45) is 0 Å². The molecule has 24 heavy (non-hydrogen) atoms. The third-order valence-corrected chi connectivity index (χ3v) is 6.40. The Morgan fingerprint density at radius 3 is 2.83 bits per heavy atom. The Labute approximate surface area is 139 Å². The SMILES string of the molecule is Cc1cc(F)ccc1S(=O)(=O)N1CCc2nc3ccccn3c2C1. The third-order valence-electron chi connectivity index (χ3n) is 4.39. The number of rotatable bonds is 2. The molecule has 124 valence electrons. The molecule has 0 atom stereocenters. The molecule has 3 heterocycles. The molecule has 0 radical (unpaired) electrons. The summed E-state index contributed by atoms with van der Waals surface area (Å²) < 4.78 is 42.6. The van der Waals surface area contributed by atoms with E-state index in [0.29, 0.717) is 18.5 Å². The van der Waals surface area contributed by atoms with Crippen molar-refractivity contribution in [2.75, 3.05) is 6.54 Å². The largest absolute Gasteiger partial charge is 0.302 e. The number of pyridine rings is 1. The molecule has 1 aliphatic rings. The van der Waals surface area contributed by atoms with Crippen LogP contribution in [0.4, 0.5) is 4.39 Å². The van der Waals surface area contributed by atoms with Crippen molar-refractivity contribution in [1.82, 2.24) is 13.7 Å². The van der Waals surface area contributed by atoms with E-state index in [1.807, 2.05) is 28.8 Å². The zero-order chi connectivity index (χ0) is 16.9. The van der Waals surface area contributed by atoms with Crippen LogP contribution < -0.4 is 0 Å². The fourth-order valence-electron chi connectivity index (χ4n) is 3.19. The minimum atomic E-state index is -3.67. The number of fused-ring (bicyclic) bond motifs is 3. The Balaban J connectivity index is 1.76. The predicted octanol–water partition coefficient (Wildman–Crippen LogP) is 2.53. The normalized spacial score (nSPS) is 15.6. The molecule has 0 saturated carbocycles. The van der Waals surface area contributed by atoms with Crippen LogP contribution in [0.2, 0.25) is 0 Å². The van der Waals surface area contributed by atoms with Crippen molar-refractivity contribution in [2.45, 2.75) is 24.8 Å². The van der Waals surface area contributed by atoms with Crippen LogP contribution in [0.15, 0.2) is 47.5 Å². The summed E-state index contributed by atoms with van der Waals surface area (Å²) in [4.78, 5) is 4.72. The molecule has 7 heteroatoms. The second kappa shape index (κ2) is 5.39. The van der Waals surface area contributed by atoms with E-state index >= 15 is 0 Å². The Morgan fingerprint density at radius 1 is 1.21 bits per heavy atom. The second-order valence-corrected chi connectivity index (χ2v) is 7.84. The van der Waals surface area contributed by atoms with Crippen molar-refractivity contribution in [3.8, 4) is 0 Å². The van der Waals surface area contributed by atoms with Crippen LogP contribution in [-0.2, 0) is 23.0 Å². The minimum Gasteiger partial charge on any atom is -0.302 e. The van der Waals surface area contributed by atoms with E-state index in [-0.39, 0.29) is 11.4 Å². The van der Waals surface area contributed by atoms with Gasteiger partial charge in [0.25, 0.3) is 0 Å². The molecule has 0 N–H and O–H groups in total. The maximum absolute atomic E-state index is 13.3. The highest BCUT2D eigenvalue weighted by Crippen LogP contribution is 2.27. The van der Waals surface area contributed by atoms with Gasteiger partial charge in [0, 0.05) is 19.2 Å². The van der Waals surface area contributed by atoms with Gasteiger partial charge >= 0.3 is 0 Å².